The van der Waals surface area contributed by atoms with Gasteiger partial charge in [-0.05, 0) is 45.1 Å². The van der Waals surface area contributed by atoms with E-state index in [2.05, 4.69) is 43.2 Å². The second-order valence-electron chi connectivity index (χ2n) is 5.36. The summed E-state index contributed by atoms with van der Waals surface area (Å²) in [6.07, 6.45) is 0. The monoisotopic (exact) mass is 294 g/mol. The van der Waals surface area contributed by atoms with Crippen LogP contribution in [-0.4, -0.2) is 51.4 Å². The van der Waals surface area contributed by atoms with Crippen LogP contribution in [0.25, 0.3) is 0 Å². The van der Waals surface area contributed by atoms with Gasteiger partial charge in [-0.25, -0.2) is 0 Å². The molecule has 0 aliphatic carbocycles. The van der Waals surface area contributed by atoms with Crippen molar-refractivity contribution in [1.82, 2.24) is 10.2 Å². The number of rotatable bonds is 10. The summed E-state index contributed by atoms with van der Waals surface area (Å²) in [4.78, 5) is 2.33. The summed E-state index contributed by atoms with van der Waals surface area (Å²) in [7, 11) is 3.89. The zero-order valence-electron chi connectivity index (χ0n) is 14.1. The van der Waals surface area contributed by atoms with Gasteiger partial charge in [-0.2, -0.15) is 0 Å². The summed E-state index contributed by atoms with van der Waals surface area (Å²) in [5.41, 5.74) is 1.29. The molecule has 0 heterocycles. The predicted molar refractivity (Wildman–Crippen MR) is 88.0 cm³/mol. The van der Waals surface area contributed by atoms with Crippen LogP contribution in [0.3, 0.4) is 0 Å². The lowest BCUT2D eigenvalue weighted by atomic mass is 10.1. The highest BCUT2D eigenvalue weighted by Crippen LogP contribution is 2.19. The van der Waals surface area contributed by atoms with Gasteiger partial charge < -0.3 is 14.8 Å². The molecule has 0 aromatic heterocycles. The van der Waals surface area contributed by atoms with Crippen molar-refractivity contribution in [3.8, 4) is 5.75 Å². The fourth-order valence-corrected chi connectivity index (χ4v) is 2.33. The van der Waals surface area contributed by atoms with Crippen molar-refractivity contribution >= 4 is 0 Å². The molecule has 0 amide bonds. The quantitative estimate of drug-likeness (QED) is 0.719. The third kappa shape index (κ3) is 6.04. The van der Waals surface area contributed by atoms with Crippen molar-refractivity contribution in [3.63, 3.8) is 0 Å². The van der Waals surface area contributed by atoms with Crippen LogP contribution in [0.15, 0.2) is 24.3 Å². The van der Waals surface area contributed by atoms with E-state index in [0.717, 1.165) is 25.4 Å². The molecular formula is C17H30N2O2. The van der Waals surface area contributed by atoms with Gasteiger partial charge in [0.05, 0.1) is 13.2 Å². The Morgan fingerprint density at radius 1 is 1.19 bits per heavy atom. The van der Waals surface area contributed by atoms with Crippen LogP contribution in [0.5, 0.6) is 5.75 Å². The van der Waals surface area contributed by atoms with Crippen molar-refractivity contribution in [2.24, 2.45) is 0 Å². The Balaban J connectivity index is 2.71. The number of methoxy groups -OCH3 is 1. The molecule has 21 heavy (non-hydrogen) atoms. The van der Waals surface area contributed by atoms with Crippen molar-refractivity contribution in [2.45, 2.75) is 32.9 Å². The molecular weight excluding hydrogens is 264 g/mol. The Morgan fingerprint density at radius 2 is 1.86 bits per heavy atom. The first kappa shape index (κ1) is 18.0. The largest absolute Gasteiger partial charge is 0.494 e. The molecule has 0 saturated carbocycles. The van der Waals surface area contributed by atoms with E-state index in [9.17, 15) is 0 Å². The number of hydrogen-bond donors (Lipinski definition) is 1. The Morgan fingerprint density at radius 3 is 2.38 bits per heavy atom. The van der Waals surface area contributed by atoms with Crippen LogP contribution >= 0.6 is 0 Å². The summed E-state index contributed by atoms with van der Waals surface area (Å²) in [6, 6.07) is 9.10. The fraction of sp³-hybridized carbons (Fsp3) is 0.647. The third-order valence-corrected chi connectivity index (χ3v) is 3.67. The van der Waals surface area contributed by atoms with E-state index >= 15 is 0 Å². The average molecular weight is 294 g/mol. The van der Waals surface area contributed by atoms with Gasteiger partial charge >= 0.3 is 0 Å². The van der Waals surface area contributed by atoms with Crippen LogP contribution in [0, 0.1) is 0 Å². The number of nitrogens with zero attached hydrogens (tertiary/aromatic N) is 1. The SMILES string of the molecule is CCNC(CN(C)C(C)COC)c1ccc(OCC)cc1. The molecule has 0 aliphatic heterocycles. The highest BCUT2D eigenvalue weighted by molar-refractivity contribution is 5.29. The molecule has 2 atom stereocenters. The fourth-order valence-electron chi connectivity index (χ4n) is 2.33. The van der Waals surface area contributed by atoms with E-state index in [1.165, 1.54) is 5.56 Å². The molecule has 0 bridgehead atoms. The minimum atomic E-state index is 0.315. The molecule has 1 rings (SSSR count). The summed E-state index contributed by atoms with van der Waals surface area (Å²) < 4.78 is 10.7. The van der Waals surface area contributed by atoms with E-state index in [0.29, 0.717) is 18.7 Å². The van der Waals surface area contributed by atoms with Crippen LogP contribution in [-0.2, 0) is 4.74 Å². The van der Waals surface area contributed by atoms with Gasteiger partial charge in [-0.1, -0.05) is 19.1 Å². The van der Waals surface area contributed by atoms with Crippen molar-refractivity contribution in [2.75, 3.05) is 40.5 Å². The number of hydrogen-bond acceptors (Lipinski definition) is 4. The Kier molecular flexibility index (Phi) is 8.35. The van der Waals surface area contributed by atoms with Gasteiger partial charge in [-0.3, -0.25) is 4.90 Å². The van der Waals surface area contributed by atoms with E-state index < -0.39 is 0 Å². The maximum absolute atomic E-state index is 5.50. The number of likely N-dealkylation sites (N-methyl/N-ethyl adjacent to an activating group) is 2. The first-order valence-electron chi connectivity index (χ1n) is 7.77. The van der Waals surface area contributed by atoms with Crippen molar-refractivity contribution in [1.29, 1.82) is 0 Å². The van der Waals surface area contributed by atoms with Gasteiger partial charge in [0.15, 0.2) is 0 Å². The molecule has 0 fully saturated rings. The number of nitrogens with one attached hydrogen (secondary N) is 1. The second kappa shape index (κ2) is 9.77. The third-order valence-electron chi connectivity index (χ3n) is 3.67. The molecule has 1 aromatic rings. The molecule has 120 valence electrons. The summed E-state index contributed by atoms with van der Waals surface area (Å²) in [5.74, 6) is 0.928. The van der Waals surface area contributed by atoms with Gasteiger partial charge in [0, 0.05) is 25.7 Å². The lowest BCUT2D eigenvalue weighted by molar-refractivity contribution is 0.109. The molecule has 4 heteroatoms. The Bertz CT molecular complexity index is 381. The van der Waals surface area contributed by atoms with E-state index in [1.54, 1.807) is 7.11 Å². The zero-order valence-corrected chi connectivity index (χ0v) is 14.1. The van der Waals surface area contributed by atoms with Crippen LogP contribution in [0.4, 0.5) is 0 Å². The molecule has 0 saturated heterocycles. The van der Waals surface area contributed by atoms with E-state index in [1.807, 2.05) is 19.1 Å². The first-order valence-corrected chi connectivity index (χ1v) is 7.77. The predicted octanol–water partition coefficient (Wildman–Crippen LogP) is 2.70. The topological polar surface area (TPSA) is 33.7 Å². The van der Waals surface area contributed by atoms with Gasteiger partial charge in [0.25, 0.3) is 0 Å². The van der Waals surface area contributed by atoms with E-state index in [-0.39, 0.29) is 0 Å². The Labute approximate surface area is 129 Å². The lowest BCUT2D eigenvalue weighted by Gasteiger charge is -2.29. The zero-order chi connectivity index (χ0) is 15.7. The van der Waals surface area contributed by atoms with Crippen molar-refractivity contribution < 1.29 is 9.47 Å². The smallest absolute Gasteiger partial charge is 0.119 e. The molecule has 0 spiro atoms. The van der Waals surface area contributed by atoms with Gasteiger partial charge in [-0.15, -0.1) is 0 Å². The standard InChI is InChI=1S/C17H30N2O2/c1-6-18-17(12-19(4)14(3)13-20-5)15-8-10-16(11-9-15)21-7-2/h8-11,14,17-18H,6-7,12-13H2,1-5H3. The van der Waals surface area contributed by atoms with Gasteiger partial charge in [0.2, 0.25) is 0 Å². The minimum Gasteiger partial charge on any atom is -0.494 e. The molecule has 0 radical (unpaired) electrons. The second-order valence-corrected chi connectivity index (χ2v) is 5.36. The highest BCUT2D eigenvalue weighted by Gasteiger charge is 2.16. The minimum absolute atomic E-state index is 0.315. The number of benzene rings is 1. The first-order chi connectivity index (χ1) is 10.1. The van der Waals surface area contributed by atoms with Crippen LogP contribution in [0.1, 0.15) is 32.4 Å². The summed E-state index contributed by atoms with van der Waals surface area (Å²) >= 11 is 0. The summed E-state index contributed by atoms with van der Waals surface area (Å²) in [5, 5.41) is 3.55. The molecule has 0 aliphatic rings. The maximum atomic E-state index is 5.50. The number of ether oxygens (including phenoxy) is 2. The van der Waals surface area contributed by atoms with E-state index in [4.69, 9.17) is 9.47 Å². The molecule has 1 aromatic carbocycles. The highest BCUT2D eigenvalue weighted by atomic mass is 16.5. The maximum Gasteiger partial charge on any atom is 0.119 e. The molecule has 4 nitrogen and oxygen atoms in total. The molecule has 2 unspecified atom stereocenters. The van der Waals surface area contributed by atoms with Crippen molar-refractivity contribution in [3.05, 3.63) is 29.8 Å². The van der Waals surface area contributed by atoms with Gasteiger partial charge in [0.1, 0.15) is 5.75 Å². The summed E-state index contributed by atoms with van der Waals surface area (Å²) in [6.45, 7) is 9.68. The van der Waals surface area contributed by atoms with Crippen LogP contribution < -0.4 is 10.1 Å². The average Bonchev–Trinajstić information content (AvgIpc) is 2.48. The van der Waals surface area contributed by atoms with Crippen LogP contribution in [0.2, 0.25) is 0 Å². The molecule has 1 N–H and O–H groups in total. The Hall–Kier alpha value is -1.10. The normalized spacial score (nSPS) is 14.2. The lowest BCUT2D eigenvalue weighted by Crippen LogP contribution is -2.39.